The average molecular weight is 257 g/mol. The van der Waals surface area contributed by atoms with Crippen LogP contribution in [0.3, 0.4) is 0 Å². The van der Waals surface area contributed by atoms with Crippen molar-refractivity contribution < 1.29 is 14.3 Å². The molecule has 0 aliphatic rings. The molecule has 1 amide bonds. The fourth-order valence-electron chi connectivity index (χ4n) is 1.88. The van der Waals surface area contributed by atoms with Gasteiger partial charge in [0.2, 0.25) is 5.91 Å². The Morgan fingerprint density at radius 1 is 1.05 bits per heavy atom. The van der Waals surface area contributed by atoms with Crippen LogP contribution in [0.25, 0.3) is 11.1 Å². The molecule has 4 heteroatoms. The molecule has 0 aliphatic carbocycles. The second-order valence-corrected chi connectivity index (χ2v) is 4.01. The minimum atomic E-state index is -0.466. The van der Waals surface area contributed by atoms with E-state index < -0.39 is 5.91 Å². The van der Waals surface area contributed by atoms with Crippen LogP contribution in [0.2, 0.25) is 0 Å². The van der Waals surface area contributed by atoms with Crippen LogP contribution in [-0.4, -0.2) is 20.1 Å². The summed E-state index contributed by atoms with van der Waals surface area (Å²) in [4.78, 5) is 11.3. The highest BCUT2D eigenvalue weighted by molar-refractivity contribution is 5.94. The molecule has 0 aliphatic heterocycles. The fourth-order valence-corrected chi connectivity index (χ4v) is 1.88. The first kappa shape index (κ1) is 13.0. The number of carbonyl (C=O) groups is 1. The summed E-state index contributed by atoms with van der Waals surface area (Å²) in [7, 11) is 3.19. The number of rotatable bonds is 4. The zero-order valence-corrected chi connectivity index (χ0v) is 10.8. The summed E-state index contributed by atoms with van der Waals surface area (Å²) in [6.07, 6.45) is 0. The summed E-state index contributed by atoms with van der Waals surface area (Å²) in [5.41, 5.74) is 7.45. The van der Waals surface area contributed by atoms with Gasteiger partial charge in [-0.05, 0) is 35.9 Å². The summed E-state index contributed by atoms with van der Waals surface area (Å²) in [5.74, 6) is 0.953. The summed E-state index contributed by atoms with van der Waals surface area (Å²) in [6.45, 7) is 0. The van der Waals surface area contributed by atoms with E-state index in [0.29, 0.717) is 11.3 Å². The highest BCUT2D eigenvalue weighted by atomic mass is 16.5. The number of ether oxygens (including phenoxy) is 2. The number of hydrogen-bond acceptors (Lipinski definition) is 3. The SMILES string of the molecule is COc1cccc(-c2cc(C(N)=O)ccc2OC)c1. The molecule has 19 heavy (non-hydrogen) atoms. The lowest BCUT2D eigenvalue weighted by atomic mass is 10.0. The van der Waals surface area contributed by atoms with Gasteiger partial charge in [0.1, 0.15) is 11.5 Å². The van der Waals surface area contributed by atoms with Gasteiger partial charge in [-0.25, -0.2) is 0 Å². The van der Waals surface area contributed by atoms with Crippen molar-refractivity contribution in [3.8, 4) is 22.6 Å². The third-order valence-electron chi connectivity index (χ3n) is 2.86. The van der Waals surface area contributed by atoms with E-state index in [4.69, 9.17) is 15.2 Å². The third kappa shape index (κ3) is 2.68. The molecule has 0 radical (unpaired) electrons. The second-order valence-electron chi connectivity index (χ2n) is 4.01. The van der Waals surface area contributed by atoms with E-state index in [2.05, 4.69) is 0 Å². The normalized spacial score (nSPS) is 10.0. The van der Waals surface area contributed by atoms with Crippen LogP contribution < -0.4 is 15.2 Å². The Morgan fingerprint density at radius 3 is 2.47 bits per heavy atom. The van der Waals surface area contributed by atoms with Gasteiger partial charge in [-0.3, -0.25) is 4.79 Å². The molecule has 0 atom stereocenters. The molecule has 0 heterocycles. The van der Waals surface area contributed by atoms with Gasteiger partial charge in [0.15, 0.2) is 0 Å². The van der Waals surface area contributed by atoms with Crippen LogP contribution in [0.4, 0.5) is 0 Å². The van der Waals surface area contributed by atoms with Gasteiger partial charge in [0.25, 0.3) is 0 Å². The Labute approximate surface area is 111 Å². The first-order valence-corrected chi connectivity index (χ1v) is 5.78. The number of benzene rings is 2. The Kier molecular flexibility index (Phi) is 3.71. The van der Waals surface area contributed by atoms with Gasteiger partial charge >= 0.3 is 0 Å². The van der Waals surface area contributed by atoms with E-state index in [-0.39, 0.29) is 0 Å². The molecule has 98 valence electrons. The number of amides is 1. The first-order valence-electron chi connectivity index (χ1n) is 5.78. The Hall–Kier alpha value is -2.49. The van der Waals surface area contributed by atoms with Gasteiger partial charge in [0, 0.05) is 11.1 Å². The van der Waals surface area contributed by atoms with Crippen LogP contribution in [0.15, 0.2) is 42.5 Å². The summed E-state index contributed by atoms with van der Waals surface area (Å²) in [5, 5.41) is 0. The van der Waals surface area contributed by atoms with Crippen LogP contribution in [0.5, 0.6) is 11.5 Å². The number of carbonyl (C=O) groups excluding carboxylic acids is 1. The third-order valence-corrected chi connectivity index (χ3v) is 2.86. The smallest absolute Gasteiger partial charge is 0.248 e. The quantitative estimate of drug-likeness (QED) is 0.915. The maximum atomic E-state index is 11.3. The summed E-state index contributed by atoms with van der Waals surface area (Å²) >= 11 is 0. The van der Waals surface area contributed by atoms with Crippen molar-refractivity contribution in [3.63, 3.8) is 0 Å². The van der Waals surface area contributed by atoms with Gasteiger partial charge in [-0.1, -0.05) is 12.1 Å². The van der Waals surface area contributed by atoms with Crippen molar-refractivity contribution in [2.24, 2.45) is 5.73 Å². The molecular formula is C15H15NO3. The zero-order chi connectivity index (χ0) is 13.8. The van der Waals surface area contributed by atoms with Crippen molar-refractivity contribution in [1.29, 1.82) is 0 Å². The van der Waals surface area contributed by atoms with Crippen LogP contribution in [-0.2, 0) is 0 Å². The summed E-state index contributed by atoms with van der Waals surface area (Å²) < 4.78 is 10.5. The van der Waals surface area contributed by atoms with Crippen molar-refractivity contribution in [3.05, 3.63) is 48.0 Å². The maximum Gasteiger partial charge on any atom is 0.248 e. The van der Waals surface area contributed by atoms with Gasteiger partial charge in [-0.15, -0.1) is 0 Å². The lowest BCUT2D eigenvalue weighted by molar-refractivity contribution is 0.100. The monoisotopic (exact) mass is 257 g/mol. The molecule has 2 rings (SSSR count). The molecule has 0 fully saturated rings. The second kappa shape index (κ2) is 5.44. The molecule has 0 unspecified atom stereocenters. The number of methoxy groups -OCH3 is 2. The average Bonchev–Trinajstić information content (AvgIpc) is 2.46. The van der Waals surface area contributed by atoms with E-state index >= 15 is 0 Å². The molecule has 0 spiro atoms. The zero-order valence-electron chi connectivity index (χ0n) is 10.8. The van der Waals surface area contributed by atoms with Gasteiger partial charge < -0.3 is 15.2 Å². The van der Waals surface area contributed by atoms with Gasteiger partial charge in [0.05, 0.1) is 14.2 Å². The Balaban J connectivity index is 2.57. The topological polar surface area (TPSA) is 61.5 Å². The summed E-state index contributed by atoms with van der Waals surface area (Å²) in [6, 6.07) is 12.6. The molecule has 2 aromatic rings. The highest BCUT2D eigenvalue weighted by Crippen LogP contribution is 2.32. The van der Waals surface area contributed by atoms with Crippen molar-refractivity contribution in [2.45, 2.75) is 0 Å². The molecule has 0 bridgehead atoms. The molecule has 0 saturated carbocycles. The van der Waals surface area contributed by atoms with E-state index in [1.165, 1.54) is 0 Å². The predicted molar refractivity (Wildman–Crippen MR) is 73.5 cm³/mol. The number of primary amides is 1. The largest absolute Gasteiger partial charge is 0.497 e. The predicted octanol–water partition coefficient (Wildman–Crippen LogP) is 2.47. The molecular weight excluding hydrogens is 242 g/mol. The van der Waals surface area contributed by atoms with E-state index in [9.17, 15) is 4.79 Å². The fraction of sp³-hybridized carbons (Fsp3) is 0.133. The van der Waals surface area contributed by atoms with Crippen LogP contribution in [0, 0.1) is 0 Å². The van der Waals surface area contributed by atoms with E-state index in [1.807, 2.05) is 24.3 Å². The van der Waals surface area contributed by atoms with Crippen molar-refractivity contribution in [1.82, 2.24) is 0 Å². The molecule has 0 saturated heterocycles. The van der Waals surface area contributed by atoms with Crippen LogP contribution >= 0.6 is 0 Å². The maximum absolute atomic E-state index is 11.3. The Morgan fingerprint density at radius 2 is 1.84 bits per heavy atom. The number of nitrogens with two attached hydrogens (primary N) is 1. The highest BCUT2D eigenvalue weighted by Gasteiger charge is 2.10. The van der Waals surface area contributed by atoms with Gasteiger partial charge in [-0.2, -0.15) is 0 Å². The minimum Gasteiger partial charge on any atom is -0.497 e. The standard InChI is InChI=1S/C15H15NO3/c1-18-12-5-3-4-10(8-12)13-9-11(15(16)17)6-7-14(13)19-2/h3-9H,1-2H3,(H2,16,17). The van der Waals surface area contributed by atoms with Crippen LogP contribution in [0.1, 0.15) is 10.4 Å². The molecule has 2 N–H and O–H groups in total. The first-order chi connectivity index (χ1) is 9.15. The van der Waals surface area contributed by atoms with Crippen molar-refractivity contribution >= 4 is 5.91 Å². The molecule has 0 aromatic heterocycles. The van der Waals surface area contributed by atoms with E-state index in [0.717, 1.165) is 16.9 Å². The Bertz CT molecular complexity index is 608. The number of hydrogen-bond donors (Lipinski definition) is 1. The molecule has 4 nitrogen and oxygen atoms in total. The lowest BCUT2D eigenvalue weighted by Crippen LogP contribution is -2.10. The lowest BCUT2D eigenvalue weighted by Gasteiger charge is -2.11. The molecule has 2 aromatic carbocycles. The minimum absolute atomic E-state index is 0.443. The van der Waals surface area contributed by atoms with Crippen molar-refractivity contribution in [2.75, 3.05) is 14.2 Å². The van der Waals surface area contributed by atoms with E-state index in [1.54, 1.807) is 32.4 Å².